The van der Waals surface area contributed by atoms with Gasteiger partial charge in [0.2, 0.25) is 5.91 Å². The number of hydrogen-bond acceptors (Lipinski definition) is 11. The number of amides is 1. The van der Waals surface area contributed by atoms with Gasteiger partial charge in [-0.15, -0.1) is 0 Å². The van der Waals surface area contributed by atoms with Gasteiger partial charge >= 0.3 is 0 Å². The fourth-order valence-corrected chi connectivity index (χ4v) is 2.02. The van der Waals surface area contributed by atoms with Crippen LogP contribution < -0.4 is 11.3 Å². The van der Waals surface area contributed by atoms with E-state index in [-0.39, 0.29) is 12.3 Å². The predicted octanol–water partition coefficient (Wildman–Crippen LogP) is -0.854. The molecule has 0 spiro atoms. The summed E-state index contributed by atoms with van der Waals surface area (Å²) in [6.07, 6.45) is 0.237. The third-order valence-corrected chi connectivity index (χ3v) is 3.67. The zero-order valence-electron chi connectivity index (χ0n) is 19.4. The molecule has 0 saturated carbocycles. The van der Waals surface area contributed by atoms with E-state index in [0.717, 1.165) is 0 Å². The van der Waals surface area contributed by atoms with Crippen molar-refractivity contribution < 1.29 is 47.4 Å². The minimum absolute atomic E-state index is 0.237. The van der Waals surface area contributed by atoms with Crippen LogP contribution in [-0.2, 0) is 47.4 Å². The third kappa shape index (κ3) is 27.1. The lowest BCUT2D eigenvalue weighted by Gasteiger charge is -2.08. The number of carbonyl (C=O) groups excluding carboxylic acids is 1. The quantitative estimate of drug-likeness (QED) is 0.0671. The first-order valence-electron chi connectivity index (χ1n) is 10.9. The Bertz CT molecular complexity index is 380. The molecule has 3 N–H and O–H groups in total. The monoisotopic (exact) mass is 470 g/mol. The standard InChI is InChI=1S/C20H42N2O10/c1-24-4-5-26-8-9-28-12-13-30-16-17-32-19-18-31-15-14-29-11-10-27-7-6-25-3-2-20(23)22-21/h2-19,21H2,1H3,(H,22,23). The van der Waals surface area contributed by atoms with E-state index >= 15 is 0 Å². The molecule has 0 aromatic carbocycles. The van der Waals surface area contributed by atoms with Gasteiger partial charge in [-0.05, 0) is 0 Å². The lowest BCUT2D eigenvalue weighted by molar-refractivity contribution is -0.122. The first kappa shape index (κ1) is 31.1. The number of ether oxygens (including phenoxy) is 9. The number of nitrogens with one attached hydrogen (secondary N) is 1. The largest absolute Gasteiger partial charge is 0.382 e. The summed E-state index contributed by atoms with van der Waals surface area (Å²) in [7, 11) is 1.64. The molecule has 0 radical (unpaired) electrons. The molecule has 0 rings (SSSR count). The van der Waals surface area contributed by atoms with Crippen LogP contribution in [0.5, 0.6) is 0 Å². The van der Waals surface area contributed by atoms with Crippen molar-refractivity contribution in [1.82, 2.24) is 5.43 Å². The van der Waals surface area contributed by atoms with E-state index in [1.54, 1.807) is 7.11 Å². The van der Waals surface area contributed by atoms with Gasteiger partial charge in [-0.1, -0.05) is 0 Å². The molecular formula is C20H42N2O10. The SMILES string of the molecule is COCCOCCOCCOCCOCCOCCOCCOCCOCCC(=O)NN. The molecule has 0 unspecified atom stereocenters. The van der Waals surface area contributed by atoms with Gasteiger partial charge in [-0.2, -0.15) is 0 Å². The van der Waals surface area contributed by atoms with Crippen LogP contribution in [0, 0.1) is 0 Å². The molecule has 32 heavy (non-hydrogen) atoms. The summed E-state index contributed by atoms with van der Waals surface area (Å²) in [5, 5.41) is 0. The Hall–Kier alpha value is -0.930. The van der Waals surface area contributed by atoms with E-state index in [1.165, 1.54) is 0 Å². The van der Waals surface area contributed by atoms with Gasteiger partial charge in [-0.3, -0.25) is 10.2 Å². The predicted molar refractivity (Wildman–Crippen MR) is 115 cm³/mol. The molecule has 0 aromatic rings. The summed E-state index contributed by atoms with van der Waals surface area (Å²) < 4.78 is 47.7. The van der Waals surface area contributed by atoms with Crippen molar-refractivity contribution in [3.63, 3.8) is 0 Å². The molecule has 0 saturated heterocycles. The second-order valence-electron chi connectivity index (χ2n) is 6.21. The number of carbonyl (C=O) groups is 1. The highest BCUT2D eigenvalue weighted by Crippen LogP contribution is 1.86. The molecular weight excluding hydrogens is 428 g/mol. The van der Waals surface area contributed by atoms with E-state index in [9.17, 15) is 4.79 Å². The van der Waals surface area contributed by atoms with E-state index < -0.39 is 0 Å². The summed E-state index contributed by atoms with van der Waals surface area (Å²) in [5.41, 5.74) is 2.04. The Morgan fingerprint density at radius 1 is 0.500 bits per heavy atom. The molecule has 0 aliphatic heterocycles. The highest BCUT2D eigenvalue weighted by molar-refractivity contribution is 5.75. The topological polar surface area (TPSA) is 138 Å². The maximum Gasteiger partial charge on any atom is 0.236 e. The van der Waals surface area contributed by atoms with Crippen molar-refractivity contribution in [3.8, 4) is 0 Å². The number of hydrogen-bond donors (Lipinski definition) is 2. The second kappa shape index (κ2) is 28.1. The van der Waals surface area contributed by atoms with Crippen LogP contribution in [0.25, 0.3) is 0 Å². The maximum atomic E-state index is 10.9. The van der Waals surface area contributed by atoms with Gasteiger partial charge in [0.15, 0.2) is 0 Å². The number of rotatable bonds is 27. The van der Waals surface area contributed by atoms with Crippen molar-refractivity contribution in [2.24, 2.45) is 5.84 Å². The Kier molecular flexibility index (Phi) is 27.3. The number of nitrogens with two attached hydrogens (primary N) is 1. The number of hydrazine groups is 1. The number of methoxy groups -OCH3 is 1. The minimum atomic E-state index is -0.254. The molecule has 0 bridgehead atoms. The van der Waals surface area contributed by atoms with E-state index in [4.69, 9.17) is 48.5 Å². The molecule has 12 nitrogen and oxygen atoms in total. The van der Waals surface area contributed by atoms with Crippen LogP contribution >= 0.6 is 0 Å². The van der Waals surface area contributed by atoms with E-state index in [0.29, 0.717) is 112 Å². The highest BCUT2D eigenvalue weighted by Gasteiger charge is 1.98. The fraction of sp³-hybridized carbons (Fsp3) is 0.950. The van der Waals surface area contributed by atoms with Gasteiger partial charge in [0.1, 0.15) is 0 Å². The van der Waals surface area contributed by atoms with Crippen LogP contribution in [0.1, 0.15) is 6.42 Å². The Morgan fingerprint density at radius 3 is 1.00 bits per heavy atom. The van der Waals surface area contributed by atoms with E-state index in [1.807, 2.05) is 5.43 Å². The van der Waals surface area contributed by atoms with Crippen molar-refractivity contribution in [3.05, 3.63) is 0 Å². The first-order valence-corrected chi connectivity index (χ1v) is 10.9. The van der Waals surface area contributed by atoms with Crippen molar-refractivity contribution in [1.29, 1.82) is 0 Å². The van der Waals surface area contributed by atoms with Gasteiger partial charge in [0.25, 0.3) is 0 Å². The smallest absolute Gasteiger partial charge is 0.236 e. The summed E-state index contributed by atoms with van der Waals surface area (Å²) in [4.78, 5) is 10.9. The molecule has 12 heteroatoms. The summed E-state index contributed by atoms with van der Waals surface area (Å²) in [6, 6.07) is 0. The lowest BCUT2D eigenvalue weighted by atomic mass is 10.4. The molecule has 0 aromatic heterocycles. The Labute approximate surface area is 191 Å². The summed E-state index contributed by atoms with van der Waals surface area (Å²) in [6.45, 7) is 8.52. The Balaban J connectivity index is 3.02. The van der Waals surface area contributed by atoms with Crippen molar-refractivity contribution in [2.75, 3.05) is 119 Å². The third-order valence-electron chi connectivity index (χ3n) is 3.67. The van der Waals surface area contributed by atoms with Crippen molar-refractivity contribution in [2.45, 2.75) is 6.42 Å². The molecule has 192 valence electrons. The van der Waals surface area contributed by atoms with Crippen molar-refractivity contribution >= 4 is 5.91 Å². The zero-order valence-corrected chi connectivity index (χ0v) is 19.4. The minimum Gasteiger partial charge on any atom is -0.382 e. The van der Waals surface area contributed by atoms with Gasteiger partial charge < -0.3 is 42.6 Å². The van der Waals surface area contributed by atoms with Crippen LogP contribution in [0.2, 0.25) is 0 Å². The van der Waals surface area contributed by atoms with Crippen LogP contribution in [0.4, 0.5) is 0 Å². The molecule has 0 aliphatic carbocycles. The molecule has 0 fully saturated rings. The maximum absolute atomic E-state index is 10.9. The van der Waals surface area contributed by atoms with Crippen LogP contribution in [0.15, 0.2) is 0 Å². The molecule has 0 aliphatic rings. The molecule has 1 amide bonds. The van der Waals surface area contributed by atoms with Gasteiger partial charge in [0, 0.05) is 7.11 Å². The van der Waals surface area contributed by atoms with E-state index in [2.05, 4.69) is 0 Å². The second-order valence-corrected chi connectivity index (χ2v) is 6.21. The zero-order chi connectivity index (χ0) is 23.4. The average molecular weight is 471 g/mol. The normalized spacial score (nSPS) is 11.2. The first-order chi connectivity index (χ1) is 15.8. The summed E-state index contributed by atoms with van der Waals surface area (Å²) >= 11 is 0. The highest BCUT2D eigenvalue weighted by atomic mass is 16.6. The average Bonchev–Trinajstić information content (AvgIpc) is 2.81. The Morgan fingerprint density at radius 2 is 0.750 bits per heavy atom. The van der Waals surface area contributed by atoms with Crippen LogP contribution in [0.3, 0.4) is 0 Å². The summed E-state index contributed by atoms with van der Waals surface area (Å²) in [5.74, 6) is 4.70. The molecule has 0 heterocycles. The van der Waals surface area contributed by atoms with Gasteiger partial charge in [0.05, 0.1) is 119 Å². The molecule has 0 atom stereocenters. The lowest BCUT2D eigenvalue weighted by Crippen LogP contribution is -2.30. The van der Waals surface area contributed by atoms with Gasteiger partial charge in [-0.25, -0.2) is 5.84 Å². The fourth-order valence-electron chi connectivity index (χ4n) is 2.02. The van der Waals surface area contributed by atoms with Crippen LogP contribution in [-0.4, -0.2) is 125 Å².